The Morgan fingerprint density at radius 3 is 2.53 bits per heavy atom. The summed E-state index contributed by atoms with van der Waals surface area (Å²) in [6.07, 6.45) is 5.18. The molecule has 0 aliphatic carbocycles. The molecule has 1 aliphatic rings. The highest BCUT2D eigenvalue weighted by Crippen LogP contribution is 2.32. The summed E-state index contributed by atoms with van der Waals surface area (Å²) in [5.74, 6) is 0.298. The average Bonchev–Trinajstić information content (AvgIpc) is 3.26. The predicted molar refractivity (Wildman–Crippen MR) is 144 cm³/mol. The Morgan fingerprint density at radius 2 is 1.83 bits per heavy atom. The molecule has 0 bridgehead atoms. The number of ketones is 1. The van der Waals surface area contributed by atoms with Crippen LogP contribution < -0.4 is 4.90 Å². The largest absolute Gasteiger partial charge is 0.369 e. The lowest BCUT2D eigenvalue weighted by atomic mass is 9.89. The number of Topliss-reactive ketones (excluding diaryl/α,β-unsaturated/α-hetero) is 1. The highest BCUT2D eigenvalue weighted by atomic mass is 35.5. The molecule has 0 radical (unpaired) electrons. The summed E-state index contributed by atoms with van der Waals surface area (Å²) < 4.78 is 16.9. The van der Waals surface area contributed by atoms with Crippen LogP contribution in [0.3, 0.4) is 0 Å². The molecule has 0 unspecified atom stereocenters. The molecule has 0 spiro atoms. The van der Waals surface area contributed by atoms with Gasteiger partial charge in [0.2, 0.25) is 0 Å². The molecule has 0 saturated carbocycles. The molecule has 6 heteroatoms. The van der Waals surface area contributed by atoms with Crippen LogP contribution in [0.1, 0.15) is 65.0 Å². The van der Waals surface area contributed by atoms with E-state index in [-0.39, 0.29) is 18.0 Å². The van der Waals surface area contributed by atoms with Gasteiger partial charge in [-0.25, -0.2) is 9.37 Å². The molecule has 4 nitrogen and oxygen atoms in total. The van der Waals surface area contributed by atoms with Crippen molar-refractivity contribution in [3.05, 3.63) is 99.7 Å². The van der Waals surface area contributed by atoms with Crippen LogP contribution in [0.15, 0.2) is 60.8 Å². The van der Waals surface area contributed by atoms with Crippen LogP contribution in [-0.4, -0.2) is 28.3 Å². The minimum atomic E-state index is -0.218. The molecule has 1 aliphatic heterocycles. The van der Waals surface area contributed by atoms with Crippen molar-refractivity contribution in [3.63, 3.8) is 0 Å². The van der Waals surface area contributed by atoms with Gasteiger partial charge in [0.1, 0.15) is 17.2 Å². The molecule has 3 heterocycles. The number of aryl methyl sites for hydroxylation is 3. The van der Waals surface area contributed by atoms with Gasteiger partial charge in [0.25, 0.3) is 0 Å². The number of benzene rings is 2. The minimum absolute atomic E-state index is 0.00993. The number of piperidine rings is 1. The Morgan fingerprint density at radius 1 is 1.08 bits per heavy atom. The molecule has 0 N–H and O–H groups in total. The normalized spacial score (nSPS) is 14.5. The van der Waals surface area contributed by atoms with Gasteiger partial charge in [-0.3, -0.25) is 9.20 Å². The average molecular weight is 504 g/mol. The summed E-state index contributed by atoms with van der Waals surface area (Å²) in [5, 5.41) is 0.553. The van der Waals surface area contributed by atoms with Crippen molar-refractivity contribution in [2.75, 3.05) is 18.0 Å². The SMILES string of the molecule is CCc1nc2ccc(Cl)cn2c1C(=O)CCc1ccc(N2CCC(c3ccc(C)cc3)CC2)c(F)c1. The van der Waals surface area contributed by atoms with E-state index in [0.717, 1.165) is 37.2 Å². The smallest absolute Gasteiger partial charge is 0.181 e. The van der Waals surface area contributed by atoms with E-state index in [0.29, 0.717) is 40.8 Å². The summed E-state index contributed by atoms with van der Waals surface area (Å²) in [5.41, 5.74) is 6.16. The number of aromatic nitrogens is 2. The highest BCUT2D eigenvalue weighted by molar-refractivity contribution is 6.30. The van der Waals surface area contributed by atoms with Crippen molar-refractivity contribution < 1.29 is 9.18 Å². The van der Waals surface area contributed by atoms with Crippen molar-refractivity contribution in [1.82, 2.24) is 9.38 Å². The zero-order chi connectivity index (χ0) is 25.2. The third-order valence-electron chi connectivity index (χ3n) is 7.29. The standard InChI is InChI=1S/C30H31ClFN3O/c1-3-26-30(35-19-24(31)10-13-29(35)33-26)28(36)12-7-21-6-11-27(25(32)18-21)34-16-14-23(15-17-34)22-8-4-20(2)5-9-22/h4-6,8-11,13,18-19,23H,3,7,12,14-17H2,1-2H3. The number of carbonyl (C=O) groups is 1. The molecule has 0 amide bonds. The molecule has 36 heavy (non-hydrogen) atoms. The predicted octanol–water partition coefficient (Wildman–Crippen LogP) is 7.20. The zero-order valence-corrected chi connectivity index (χ0v) is 21.6. The lowest BCUT2D eigenvalue weighted by Crippen LogP contribution is -2.33. The Hall–Kier alpha value is -3.18. The van der Waals surface area contributed by atoms with Crippen LogP contribution in [0.5, 0.6) is 0 Å². The van der Waals surface area contributed by atoms with Gasteiger partial charge >= 0.3 is 0 Å². The quantitative estimate of drug-likeness (QED) is 0.250. The number of fused-ring (bicyclic) bond motifs is 1. The molecule has 1 fully saturated rings. The van der Waals surface area contributed by atoms with Crippen molar-refractivity contribution in [2.24, 2.45) is 0 Å². The molecule has 2 aromatic heterocycles. The number of imidazole rings is 1. The van der Waals surface area contributed by atoms with Crippen LogP contribution in [0.25, 0.3) is 5.65 Å². The Labute approximate surface area is 216 Å². The Balaban J connectivity index is 1.23. The maximum atomic E-state index is 15.1. The maximum Gasteiger partial charge on any atom is 0.181 e. The number of hydrogen-bond acceptors (Lipinski definition) is 3. The van der Waals surface area contributed by atoms with Gasteiger partial charge in [-0.1, -0.05) is 54.4 Å². The van der Waals surface area contributed by atoms with E-state index in [1.54, 1.807) is 22.7 Å². The number of anilines is 1. The molecule has 5 rings (SSSR count). The molecule has 1 saturated heterocycles. The monoisotopic (exact) mass is 503 g/mol. The van der Waals surface area contributed by atoms with Crippen LogP contribution in [-0.2, 0) is 12.8 Å². The lowest BCUT2D eigenvalue weighted by molar-refractivity contribution is 0.0976. The van der Waals surface area contributed by atoms with Crippen LogP contribution in [0.2, 0.25) is 5.02 Å². The minimum Gasteiger partial charge on any atom is -0.369 e. The number of pyridine rings is 1. The number of carbonyl (C=O) groups excluding carboxylic acids is 1. The Kier molecular flexibility index (Phi) is 7.10. The summed E-state index contributed by atoms with van der Waals surface area (Å²) in [4.78, 5) is 19.9. The molecular formula is C30H31ClFN3O. The van der Waals surface area contributed by atoms with Crippen molar-refractivity contribution >= 4 is 28.7 Å². The van der Waals surface area contributed by atoms with Gasteiger partial charge < -0.3 is 4.90 Å². The fourth-order valence-corrected chi connectivity index (χ4v) is 5.40. The third-order valence-corrected chi connectivity index (χ3v) is 7.51. The molecule has 186 valence electrons. The van der Waals surface area contributed by atoms with E-state index in [9.17, 15) is 4.79 Å². The first kappa shape index (κ1) is 24.5. The molecular weight excluding hydrogens is 473 g/mol. The van der Waals surface area contributed by atoms with E-state index < -0.39 is 0 Å². The number of nitrogens with zero attached hydrogens (tertiary/aromatic N) is 3. The Bertz CT molecular complexity index is 1390. The second-order valence-electron chi connectivity index (χ2n) is 9.72. The lowest BCUT2D eigenvalue weighted by Gasteiger charge is -2.34. The van der Waals surface area contributed by atoms with Gasteiger partial charge in [0.15, 0.2) is 5.78 Å². The maximum absolute atomic E-state index is 15.1. The highest BCUT2D eigenvalue weighted by Gasteiger charge is 2.23. The van der Waals surface area contributed by atoms with Crippen LogP contribution in [0.4, 0.5) is 10.1 Å². The topological polar surface area (TPSA) is 37.6 Å². The van der Waals surface area contributed by atoms with Gasteiger partial charge in [-0.05, 0) is 73.9 Å². The van der Waals surface area contributed by atoms with Crippen LogP contribution in [0, 0.1) is 12.7 Å². The summed E-state index contributed by atoms with van der Waals surface area (Å²) in [7, 11) is 0. The van der Waals surface area contributed by atoms with Crippen molar-refractivity contribution in [2.45, 2.75) is 51.9 Å². The second kappa shape index (κ2) is 10.4. The van der Waals surface area contributed by atoms with Gasteiger partial charge in [0.05, 0.1) is 16.4 Å². The van der Waals surface area contributed by atoms with E-state index in [1.165, 1.54) is 11.1 Å². The number of hydrogen-bond donors (Lipinski definition) is 0. The molecule has 4 aromatic rings. The fourth-order valence-electron chi connectivity index (χ4n) is 5.24. The van der Waals surface area contributed by atoms with Crippen molar-refractivity contribution in [1.29, 1.82) is 0 Å². The third kappa shape index (κ3) is 5.03. The summed E-state index contributed by atoms with van der Waals surface area (Å²) >= 11 is 6.16. The summed E-state index contributed by atoms with van der Waals surface area (Å²) in [6, 6.07) is 17.8. The van der Waals surface area contributed by atoms with E-state index >= 15 is 4.39 Å². The van der Waals surface area contributed by atoms with Gasteiger partial charge in [0, 0.05) is 25.7 Å². The van der Waals surface area contributed by atoms with Gasteiger partial charge in [-0.15, -0.1) is 0 Å². The van der Waals surface area contributed by atoms with E-state index in [4.69, 9.17) is 11.6 Å². The van der Waals surface area contributed by atoms with E-state index in [2.05, 4.69) is 41.1 Å². The first-order valence-electron chi connectivity index (χ1n) is 12.7. The first-order valence-corrected chi connectivity index (χ1v) is 13.1. The number of halogens is 2. The van der Waals surface area contributed by atoms with Crippen LogP contribution >= 0.6 is 11.6 Å². The van der Waals surface area contributed by atoms with E-state index in [1.807, 2.05) is 25.1 Å². The summed E-state index contributed by atoms with van der Waals surface area (Å²) in [6.45, 7) is 5.76. The molecule has 2 aromatic carbocycles. The van der Waals surface area contributed by atoms with Crippen molar-refractivity contribution in [3.8, 4) is 0 Å². The zero-order valence-electron chi connectivity index (χ0n) is 20.8. The molecule has 0 atom stereocenters. The van der Waals surface area contributed by atoms with Gasteiger partial charge in [-0.2, -0.15) is 0 Å². The fraction of sp³-hybridized carbons (Fsp3) is 0.333. The first-order chi connectivity index (χ1) is 17.4. The second-order valence-corrected chi connectivity index (χ2v) is 10.2. The number of rotatable bonds is 7.